The number of rotatable bonds is 5. The van der Waals surface area contributed by atoms with Crippen molar-refractivity contribution >= 4 is 11.9 Å². The van der Waals surface area contributed by atoms with Crippen LogP contribution in [0.15, 0.2) is 42.5 Å². The summed E-state index contributed by atoms with van der Waals surface area (Å²) >= 11 is 0. The Morgan fingerprint density at radius 3 is 2.17 bits per heavy atom. The van der Waals surface area contributed by atoms with E-state index in [1.54, 1.807) is 24.3 Å². The first-order chi connectivity index (χ1) is 11.4. The summed E-state index contributed by atoms with van der Waals surface area (Å²) in [5.41, 5.74) is 0.726. The number of amides is 1. The molecule has 0 radical (unpaired) electrons. The highest BCUT2D eigenvalue weighted by atomic mass is 16.5. The van der Waals surface area contributed by atoms with E-state index in [1.807, 2.05) is 6.07 Å². The molecule has 0 saturated carbocycles. The van der Waals surface area contributed by atoms with Gasteiger partial charge in [0, 0.05) is 12.1 Å². The van der Waals surface area contributed by atoms with Gasteiger partial charge in [-0.3, -0.25) is 9.59 Å². The monoisotopic (exact) mass is 331 g/mol. The number of ether oxygens (including phenoxy) is 1. The first-order valence-corrected chi connectivity index (χ1v) is 7.07. The van der Waals surface area contributed by atoms with E-state index < -0.39 is 29.1 Å². The van der Waals surface area contributed by atoms with Crippen molar-refractivity contribution in [3.05, 3.63) is 53.6 Å². The Bertz CT molecular complexity index is 721. The summed E-state index contributed by atoms with van der Waals surface area (Å²) in [6.45, 7) is -0.163. The fourth-order valence-electron chi connectivity index (χ4n) is 2.13. The number of phenols is 3. The topological polar surface area (TPSA) is 107 Å². The van der Waals surface area contributed by atoms with Crippen LogP contribution < -0.4 is 0 Å². The van der Waals surface area contributed by atoms with Crippen molar-refractivity contribution in [2.24, 2.45) is 0 Å². The van der Waals surface area contributed by atoms with Gasteiger partial charge in [-0.2, -0.15) is 0 Å². The van der Waals surface area contributed by atoms with E-state index in [9.17, 15) is 24.9 Å². The largest absolute Gasteiger partial charge is 0.504 e. The molecule has 126 valence electrons. The third-order valence-corrected chi connectivity index (χ3v) is 3.37. The van der Waals surface area contributed by atoms with Crippen molar-refractivity contribution in [3.63, 3.8) is 0 Å². The summed E-state index contributed by atoms with van der Waals surface area (Å²) in [7, 11) is 1.21. The molecule has 0 unspecified atom stereocenters. The van der Waals surface area contributed by atoms with E-state index in [1.165, 1.54) is 12.0 Å². The standard InChI is InChI=1S/C17H17NO6/c1-24-15(21)10-18(9-11-5-3-2-4-6-11)17(23)12-7-13(19)16(22)14(20)8-12/h2-8,19-20,22H,9-10H2,1H3. The predicted octanol–water partition coefficient (Wildman–Crippen LogP) is 1.62. The minimum atomic E-state index is -0.714. The second-order valence-electron chi connectivity index (χ2n) is 5.09. The Kier molecular flexibility index (Phi) is 5.26. The minimum Gasteiger partial charge on any atom is -0.504 e. The maximum Gasteiger partial charge on any atom is 0.325 e. The Balaban J connectivity index is 2.31. The number of phenolic OH excluding ortho intramolecular Hbond substituents is 3. The van der Waals surface area contributed by atoms with Gasteiger partial charge in [0.25, 0.3) is 5.91 Å². The summed E-state index contributed by atoms with van der Waals surface area (Å²) in [6, 6.07) is 11.1. The lowest BCUT2D eigenvalue weighted by Gasteiger charge is -2.22. The Hall–Kier alpha value is -3.22. The van der Waals surface area contributed by atoms with Gasteiger partial charge in [-0.15, -0.1) is 0 Å². The Morgan fingerprint density at radius 1 is 1.04 bits per heavy atom. The quantitative estimate of drug-likeness (QED) is 0.568. The van der Waals surface area contributed by atoms with Crippen LogP contribution in [-0.4, -0.2) is 45.8 Å². The van der Waals surface area contributed by atoms with Gasteiger partial charge in [-0.1, -0.05) is 30.3 Å². The molecule has 2 aromatic rings. The summed E-state index contributed by atoms with van der Waals surface area (Å²) in [5.74, 6) is -3.18. The van der Waals surface area contributed by atoms with E-state index in [0.29, 0.717) is 0 Å². The molecule has 24 heavy (non-hydrogen) atoms. The van der Waals surface area contributed by atoms with Gasteiger partial charge in [0.1, 0.15) is 6.54 Å². The fraction of sp³-hybridized carbons (Fsp3) is 0.176. The second kappa shape index (κ2) is 7.36. The number of esters is 1. The normalized spacial score (nSPS) is 10.2. The molecule has 0 fully saturated rings. The molecule has 0 heterocycles. The highest BCUT2D eigenvalue weighted by Crippen LogP contribution is 2.35. The molecule has 3 N–H and O–H groups in total. The third kappa shape index (κ3) is 3.95. The number of aromatic hydroxyl groups is 3. The van der Waals surface area contributed by atoms with Crippen molar-refractivity contribution in [3.8, 4) is 17.2 Å². The van der Waals surface area contributed by atoms with Gasteiger partial charge in [-0.05, 0) is 17.7 Å². The molecule has 0 atom stereocenters. The molecule has 0 bridgehead atoms. The molecule has 0 aliphatic heterocycles. The van der Waals surface area contributed by atoms with E-state index in [4.69, 9.17) is 0 Å². The van der Waals surface area contributed by atoms with Crippen LogP contribution in [0.4, 0.5) is 0 Å². The highest BCUT2D eigenvalue weighted by Gasteiger charge is 2.22. The van der Waals surface area contributed by atoms with Crippen molar-refractivity contribution in [2.75, 3.05) is 13.7 Å². The van der Waals surface area contributed by atoms with Crippen LogP contribution in [0.1, 0.15) is 15.9 Å². The van der Waals surface area contributed by atoms with Crippen molar-refractivity contribution < 1.29 is 29.6 Å². The molecular formula is C17H17NO6. The van der Waals surface area contributed by atoms with Crippen molar-refractivity contribution in [1.29, 1.82) is 0 Å². The van der Waals surface area contributed by atoms with E-state index in [-0.39, 0.29) is 18.7 Å². The molecular weight excluding hydrogens is 314 g/mol. The maximum atomic E-state index is 12.6. The molecule has 1 amide bonds. The van der Waals surface area contributed by atoms with Crippen LogP contribution in [0, 0.1) is 0 Å². The van der Waals surface area contributed by atoms with Crippen LogP contribution in [0.2, 0.25) is 0 Å². The van der Waals surface area contributed by atoms with Gasteiger partial charge in [0.05, 0.1) is 7.11 Å². The summed E-state index contributed by atoms with van der Waals surface area (Å²) < 4.78 is 4.60. The average Bonchev–Trinajstić information content (AvgIpc) is 2.58. The molecule has 0 spiro atoms. The molecule has 0 aliphatic carbocycles. The van der Waals surface area contributed by atoms with Crippen molar-refractivity contribution in [1.82, 2.24) is 4.90 Å². The van der Waals surface area contributed by atoms with Crippen LogP contribution >= 0.6 is 0 Å². The number of hydrogen-bond donors (Lipinski definition) is 3. The van der Waals surface area contributed by atoms with Crippen LogP contribution in [0.3, 0.4) is 0 Å². The van der Waals surface area contributed by atoms with Gasteiger partial charge in [0.15, 0.2) is 17.2 Å². The molecule has 7 nitrogen and oxygen atoms in total. The van der Waals surface area contributed by atoms with Gasteiger partial charge >= 0.3 is 5.97 Å². The van der Waals surface area contributed by atoms with E-state index in [2.05, 4.69) is 4.74 Å². The SMILES string of the molecule is COC(=O)CN(Cc1ccccc1)C(=O)c1cc(O)c(O)c(O)c1. The molecule has 2 rings (SSSR count). The number of methoxy groups -OCH3 is 1. The predicted molar refractivity (Wildman–Crippen MR) is 84.6 cm³/mol. The number of carbonyl (C=O) groups excluding carboxylic acids is 2. The van der Waals surface area contributed by atoms with E-state index >= 15 is 0 Å². The van der Waals surface area contributed by atoms with Crippen LogP contribution in [0.5, 0.6) is 17.2 Å². The van der Waals surface area contributed by atoms with E-state index in [0.717, 1.165) is 17.7 Å². The summed E-state index contributed by atoms with van der Waals surface area (Å²) in [6.07, 6.45) is 0. The molecule has 7 heteroatoms. The Labute approximate surface area is 138 Å². The highest BCUT2D eigenvalue weighted by molar-refractivity contribution is 5.97. The lowest BCUT2D eigenvalue weighted by atomic mass is 10.1. The summed E-state index contributed by atoms with van der Waals surface area (Å²) in [4.78, 5) is 25.4. The van der Waals surface area contributed by atoms with Gasteiger partial charge in [-0.25, -0.2) is 0 Å². The Morgan fingerprint density at radius 2 is 1.62 bits per heavy atom. The molecule has 0 saturated heterocycles. The zero-order valence-electron chi connectivity index (χ0n) is 13.0. The summed E-state index contributed by atoms with van der Waals surface area (Å²) in [5, 5.41) is 28.5. The first-order valence-electron chi connectivity index (χ1n) is 7.07. The number of hydrogen-bond acceptors (Lipinski definition) is 6. The zero-order chi connectivity index (χ0) is 17.7. The molecule has 0 aromatic heterocycles. The number of carbonyl (C=O) groups is 2. The number of benzene rings is 2. The van der Waals surface area contributed by atoms with Gasteiger partial charge in [0.2, 0.25) is 0 Å². The first kappa shape index (κ1) is 17.1. The fourth-order valence-corrected chi connectivity index (χ4v) is 2.13. The average molecular weight is 331 g/mol. The smallest absolute Gasteiger partial charge is 0.325 e. The lowest BCUT2D eigenvalue weighted by Crippen LogP contribution is -2.35. The minimum absolute atomic E-state index is 0.0670. The molecule has 2 aromatic carbocycles. The number of nitrogens with zero attached hydrogens (tertiary/aromatic N) is 1. The third-order valence-electron chi connectivity index (χ3n) is 3.37. The van der Waals surface area contributed by atoms with Crippen molar-refractivity contribution in [2.45, 2.75) is 6.54 Å². The second-order valence-corrected chi connectivity index (χ2v) is 5.09. The van der Waals surface area contributed by atoms with Crippen LogP contribution in [-0.2, 0) is 16.1 Å². The zero-order valence-corrected chi connectivity index (χ0v) is 13.0. The van der Waals surface area contributed by atoms with Crippen LogP contribution in [0.25, 0.3) is 0 Å². The van der Waals surface area contributed by atoms with Gasteiger partial charge < -0.3 is 25.0 Å². The molecule has 0 aliphatic rings. The maximum absolute atomic E-state index is 12.6. The lowest BCUT2D eigenvalue weighted by molar-refractivity contribution is -0.141.